The summed E-state index contributed by atoms with van der Waals surface area (Å²) < 4.78 is 0. The summed E-state index contributed by atoms with van der Waals surface area (Å²) >= 11 is 0. The van der Waals surface area contributed by atoms with E-state index in [4.69, 9.17) is 0 Å². The molecule has 2 aromatic rings. The van der Waals surface area contributed by atoms with Gasteiger partial charge < -0.3 is 15.6 Å². The number of nitrogens with one attached hydrogen (secondary N) is 3. The van der Waals surface area contributed by atoms with Crippen molar-refractivity contribution in [1.82, 2.24) is 20.6 Å². The van der Waals surface area contributed by atoms with Crippen molar-refractivity contribution in [2.75, 3.05) is 20.1 Å². The number of imidazole rings is 1. The number of H-pyrrole nitrogens is 1. The van der Waals surface area contributed by atoms with E-state index in [1.165, 1.54) is 19.3 Å². The van der Waals surface area contributed by atoms with Crippen molar-refractivity contribution in [2.24, 2.45) is 4.99 Å². The predicted octanol–water partition coefficient (Wildman–Crippen LogP) is 3.47. The first-order valence-corrected chi connectivity index (χ1v) is 8.21. The fourth-order valence-electron chi connectivity index (χ4n) is 2.39. The lowest BCUT2D eigenvalue weighted by Gasteiger charge is -2.11. The standard InChI is InChI=1S/C17H27N5.HI/c1-3-4-7-12-19-17(18-2)20-13-8-11-16-21-14-9-5-6-10-15(14)22-16;/h5-6,9-10H,3-4,7-8,11-13H2,1-2H3,(H,21,22)(H2,18,19,20);1H. The SMILES string of the molecule is CCCCCNC(=NC)NCCCc1nc2ccccc2[nH]1.I. The number of fused-ring (bicyclic) bond motifs is 1. The van der Waals surface area contributed by atoms with E-state index < -0.39 is 0 Å². The van der Waals surface area contributed by atoms with Crippen molar-refractivity contribution in [3.8, 4) is 0 Å². The van der Waals surface area contributed by atoms with E-state index in [0.717, 1.165) is 48.7 Å². The molecule has 0 bridgehead atoms. The summed E-state index contributed by atoms with van der Waals surface area (Å²) in [6.45, 7) is 4.09. The molecular formula is C17H28IN5. The first kappa shape index (κ1) is 19.7. The highest BCUT2D eigenvalue weighted by molar-refractivity contribution is 14.0. The Bertz CT molecular complexity index is 560. The second kappa shape index (κ2) is 11.3. The molecule has 3 N–H and O–H groups in total. The molecule has 6 heteroatoms. The zero-order valence-electron chi connectivity index (χ0n) is 14.1. The molecule has 0 atom stereocenters. The summed E-state index contributed by atoms with van der Waals surface area (Å²) in [6, 6.07) is 8.14. The Morgan fingerprint density at radius 3 is 2.57 bits per heavy atom. The van der Waals surface area contributed by atoms with Gasteiger partial charge >= 0.3 is 0 Å². The van der Waals surface area contributed by atoms with Crippen molar-refractivity contribution in [3.63, 3.8) is 0 Å². The molecule has 23 heavy (non-hydrogen) atoms. The molecule has 128 valence electrons. The average molecular weight is 429 g/mol. The van der Waals surface area contributed by atoms with Crippen molar-refractivity contribution >= 4 is 41.0 Å². The van der Waals surface area contributed by atoms with E-state index in [9.17, 15) is 0 Å². The van der Waals surface area contributed by atoms with Crippen LogP contribution in [0.2, 0.25) is 0 Å². The third kappa shape index (κ3) is 6.76. The Hall–Kier alpha value is -1.31. The molecule has 0 spiro atoms. The Kier molecular flexibility index (Phi) is 9.66. The summed E-state index contributed by atoms with van der Waals surface area (Å²) in [7, 11) is 1.81. The summed E-state index contributed by atoms with van der Waals surface area (Å²) in [4.78, 5) is 12.2. The van der Waals surface area contributed by atoms with E-state index >= 15 is 0 Å². The van der Waals surface area contributed by atoms with Gasteiger partial charge in [-0.1, -0.05) is 31.9 Å². The second-order valence-electron chi connectivity index (χ2n) is 5.44. The molecule has 0 saturated heterocycles. The fourth-order valence-corrected chi connectivity index (χ4v) is 2.39. The van der Waals surface area contributed by atoms with Gasteiger partial charge in [-0.25, -0.2) is 4.98 Å². The van der Waals surface area contributed by atoms with Crippen LogP contribution in [0.4, 0.5) is 0 Å². The number of para-hydroxylation sites is 2. The third-order valence-corrected chi connectivity index (χ3v) is 3.62. The monoisotopic (exact) mass is 429 g/mol. The minimum absolute atomic E-state index is 0. The number of aliphatic imine (C=N–C) groups is 1. The largest absolute Gasteiger partial charge is 0.356 e. The summed E-state index contributed by atoms with van der Waals surface area (Å²) in [6.07, 6.45) is 5.65. The molecule has 5 nitrogen and oxygen atoms in total. The highest BCUT2D eigenvalue weighted by Gasteiger charge is 2.02. The van der Waals surface area contributed by atoms with Crippen LogP contribution in [-0.4, -0.2) is 36.1 Å². The predicted molar refractivity (Wildman–Crippen MR) is 109 cm³/mol. The molecule has 1 heterocycles. The van der Waals surface area contributed by atoms with Crippen LogP contribution in [0.15, 0.2) is 29.3 Å². The summed E-state index contributed by atoms with van der Waals surface area (Å²) in [5, 5.41) is 6.69. The highest BCUT2D eigenvalue weighted by Crippen LogP contribution is 2.10. The number of aromatic amines is 1. The second-order valence-corrected chi connectivity index (χ2v) is 5.44. The van der Waals surface area contributed by atoms with Crippen LogP contribution in [0.3, 0.4) is 0 Å². The minimum Gasteiger partial charge on any atom is -0.356 e. The van der Waals surface area contributed by atoms with Gasteiger partial charge in [-0.3, -0.25) is 4.99 Å². The quantitative estimate of drug-likeness (QED) is 0.261. The lowest BCUT2D eigenvalue weighted by Crippen LogP contribution is -2.38. The van der Waals surface area contributed by atoms with E-state index in [-0.39, 0.29) is 24.0 Å². The lowest BCUT2D eigenvalue weighted by molar-refractivity contribution is 0.674. The molecule has 0 radical (unpaired) electrons. The first-order chi connectivity index (χ1) is 10.8. The number of hydrogen-bond donors (Lipinski definition) is 3. The third-order valence-electron chi connectivity index (χ3n) is 3.62. The van der Waals surface area contributed by atoms with Crippen molar-refractivity contribution in [3.05, 3.63) is 30.1 Å². The molecule has 0 aliphatic rings. The van der Waals surface area contributed by atoms with E-state index in [2.05, 4.69) is 38.6 Å². The van der Waals surface area contributed by atoms with Crippen LogP contribution in [0, 0.1) is 0 Å². The Morgan fingerprint density at radius 1 is 1.13 bits per heavy atom. The Balaban J connectivity index is 0.00000264. The number of aryl methyl sites for hydroxylation is 1. The van der Waals surface area contributed by atoms with Crippen LogP contribution in [0.5, 0.6) is 0 Å². The topological polar surface area (TPSA) is 65.1 Å². The van der Waals surface area contributed by atoms with Gasteiger partial charge in [0.05, 0.1) is 11.0 Å². The zero-order chi connectivity index (χ0) is 15.6. The van der Waals surface area contributed by atoms with E-state index in [1.807, 2.05) is 25.2 Å². The lowest BCUT2D eigenvalue weighted by atomic mass is 10.2. The van der Waals surface area contributed by atoms with Crippen LogP contribution in [-0.2, 0) is 6.42 Å². The molecule has 0 unspecified atom stereocenters. The Morgan fingerprint density at radius 2 is 1.87 bits per heavy atom. The van der Waals surface area contributed by atoms with Crippen molar-refractivity contribution in [2.45, 2.75) is 39.0 Å². The number of benzene rings is 1. The molecule has 1 aromatic carbocycles. The maximum Gasteiger partial charge on any atom is 0.190 e. The first-order valence-electron chi connectivity index (χ1n) is 8.21. The molecule has 0 amide bonds. The number of guanidine groups is 1. The molecular weight excluding hydrogens is 401 g/mol. The summed E-state index contributed by atoms with van der Waals surface area (Å²) in [5.74, 6) is 1.94. The summed E-state index contributed by atoms with van der Waals surface area (Å²) in [5.41, 5.74) is 2.15. The van der Waals surface area contributed by atoms with Gasteiger partial charge in [0.25, 0.3) is 0 Å². The molecule has 0 saturated carbocycles. The van der Waals surface area contributed by atoms with Crippen molar-refractivity contribution < 1.29 is 0 Å². The van der Waals surface area contributed by atoms with Crippen LogP contribution >= 0.6 is 24.0 Å². The molecule has 0 aliphatic heterocycles. The molecule has 2 rings (SSSR count). The van der Waals surface area contributed by atoms with Gasteiger partial charge in [0.1, 0.15) is 5.82 Å². The number of nitrogens with zero attached hydrogens (tertiary/aromatic N) is 2. The van der Waals surface area contributed by atoms with Gasteiger partial charge in [0, 0.05) is 26.6 Å². The molecule has 0 fully saturated rings. The van der Waals surface area contributed by atoms with Gasteiger partial charge in [0.2, 0.25) is 0 Å². The number of unbranched alkanes of at least 4 members (excludes halogenated alkanes) is 2. The van der Waals surface area contributed by atoms with Gasteiger partial charge in [-0.2, -0.15) is 0 Å². The maximum atomic E-state index is 4.59. The highest BCUT2D eigenvalue weighted by atomic mass is 127. The van der Waals surface area contributed by atoms with Crippen molar-refractivity contribution in [1.29, 1.82) is 0 Å². The number of aromatic nitrogens is 2. The average Bonchev–Trinajstić information content (AvgIpc) is 2.96. The minimum atomic E-state index is 0. The maximum absolute atomic E-state index is 4.59. The molecule has 1 aromatic heterocycles. The van der Waals surface area contributed by atoms with Gasteiger partial charge in [-0.05, 0) is 25.0 Å². The van der Waals surface area contributed by atoms with E-state index in [1.54, 1.807) is 0 Å². The normalized spacial score (nSPS) is 11.3. The number of rotatable bonds is 8. The van der Waals surface area contributed by atoms with Gasteiger partial charge in [0.15, 0.2) is 5.96 Å². The van der Waals surface area contributed by atoms with Crippen LogP contribution in [0.25, 0.3) is 11.0 Å². The zero-order valence-corrected chi connectivity index (χ0v) is 16.4. The van der Waals surface area contributed by atoms with Gasteiger partial charge in [-0.15, -0.1) is 24.0 Å². The fraction of sp³-hybridized carbons (Fsp3) is 0.529. The van der Waals surface area contributed by atoms with E-state index in [0.29, 0.717) is 0 Å². The number of hydrogen-bond acceptors (Lipinski definition) is 2. The Labute approximate surface area is 155 Å². The van der Waals surface area contributed by atoms with Crippen LogP contribution in [0.1, 0.15) is 38.4 Å². The molecule has 0 aliphatic carbocycles. The number of halogens is 1. The smallest absolute Gasteiger partial charge is 0.190 e. The van der Waals surface area contributed by atoms with Crippen LogP contribution < -0.4 is 10.6 Å².